The van der Waals surface area contributed by atoms with Crippen molar-refractivity contribution in [1.29, 1.82) is 0 Å². The largest absolute Gasteiger partial charge is 0.100 e. The molecular formula is C40H74. The first-order chi connectivity index (χ1) is 18.2. The Labute approximate surface area is 254 Å². The van der Waals surface area contributed by atoms with E-state index in [1.807, 2.05) is 0 Å². The fourth-order valence-corrected chi connectivity index (χ4v) is 7.60. The van der Waals surface area contributed by atoms with Crippen LogP contribution < -0.4 is 0 Å². The van der Waals surface area contributed by atoms with Crippen LogP contribution in [0.1, 0.15) is 166 Å². The van der Waals surface area contributed by atoms with E-state index in [9.17, 15) is 0 Å². The summed E-state index contributed by atoms with van der Waals surface area (Å²) in [5.74, 6) is 4.22. The van der Waals surface area contributed by atoms with Crippen LogP contribution in [0.25, 0.3) is 0 Å². The van der Waals surface area contributed by atoms with Crippen LogP contribution in [0.3, 0.4) is 0 Å². The van der Waals surface area contributed by atoms with Gasteiger partial charge in [-0.05, 0) is 118 Å². The highest BCUT2D eigenvalue weighted by Crippen LogP contribution is 2.46. The Kier molecular flexibility index (Phi) is 18.7. The van der Waals surface area contributed by atoms with Crippen LogP contribution in [0, 0.1) is 40.4 Å². The molecule has 40 heavy (non-hydrogen) atoms. The van der Waals surface area contributed by atoms with Gasteiger partial charge in [0.25, 0.3) is 0 Å². The summed E-state index contributed by atoms with van der Waals surface area (Å²) in [5.41, 5.74) is 5.17. The predicted molar refractivity (Wildman–Crippen MR) is 186 cm³/mol. The Hall–Kier alpha value is -1.04. The predicted octanol–water partition coefficient (Wildman–Crippen LogP) is 13.9. The molecule has 0 unspecified atom stereocenters. The quantitative estimate of drug-likeness (QED) is 0.139. The van der Waals surface area contributed by atoms with E-state index in [4.69, 9.17) is 0 Å². The van der Waals surface area contributed by atoms with Crippen LogP contribution in [0.4, 0.5) is 0 Å². The van der Waals surface area contributed by atoms with Gasteiger partial charge >= 0.3 is 0 Å². The molecule has 0 bridgehead atoms. The van der Waals surface area contributed by atoms with Crippen molar-refractivity contribution < 1.29 is 0 Å². The third-order valence-corrected chi connectivity index (χ3v) is 10.4. The average molecular weight is 555 g/mol. The van der Waals surface area contributed by atoms with Crippen molar-refractivity contribution >= 4 is 0 Å². The lowest BCUT2D eigenvalue weighted by Crippen LogP contribution is -2.33. The van der Waals surface area contributed by atoms with E-state index in [0.717, 1.165) is 29.6 Å². The summed E-state index contributed by atoms with van der Waals surface area (Å²) >= 11 is 0. The number of allylic oxidation sites excluding steroid dienone is 5. The molecule has 5 atom stereocenters. The topological polar surface area (TPSA) is 0 Å². The van der Waals surface area contributed by atoms with Gasteiger partial charge in [-0.15, -0.1) is 13.2 Å². The van der Waals surface area contributed by atoms with E-state index < -0.39 is 0 Å². The van der Waals surface area contributed by atoms with E-state index >= 15 is 0 Å². The van der Waals surface area contributed by atoms with Crippen LogP contribution in [0.15, 0.2) is 48.6 Å². The second kappa shape index (κ2) is 19.2. The SMILES string of the molecule is C.C=C(C)CCCC[C@@H](C)CCCC(=C)CC[C@@H]1[C@H](C)CCCC1(C)C.C=C(C)CC[C@@H]1[C@@H](C)C=CCC1(C)C. The molecule has 1 saturated carbocycles. The normalized spacial score (nSPS) is 25.6. The summed E-state index contributed by atoms with van der Waals surface area (Å²) in [7, 11) is 0. The molecule has 0 aliphatic heterocycles. The number of rotatable bonds is 15. The van der Waals surface area contributed by atoms with Crippen molar-refractivity contribution in [3.8, 4) is 0 Å². The van der Waals surface area contributed by atoms with Gasteiger partial charge in [0.1, 0.15) is 0 Å². The highest BCUT2D eigenvalue weighted by atomic mass is 14.4. The molecule has 0 aromatic carbocycles. The minimum atomic E-state index is 0. The second-order valence-electron chi connectivity index (χ2n) is 15.5. The second-order valence-corrected chi connectivity index (χ2v) is 15.5. The molecule has 0 aromatic rings. The van der Waals surface area contributed by atoms with Crippen molar-refractivity contribution in [3.05, 3.63) is 48.6 Å². The monoisotopic (exact) mass is 555 g/mol. The van der Waals surface area contributed by atoms with Gasteiger partial charge in [0.2, 0.25) is 0 Å². The maximum atomic E-state index is 4.39. The van der Waals surface area contributed by atoms with Gasteiger partial charge in [-0.25, -0.2) is 0 Å². The van der Waals surface area contributed by atoms with Crippen LogP contribution in [0.2, 0.25) is 0 Å². The summed E-state index contributed by atoms with van der Waals surface area (Å²) in [4.78, 5) is 0. The number of hydrogen-bond donors (Lipinski definition) is 0. The van der Waals surface area contributed by atoms with Crippen molar-refractivity contribution in [2.45, 2.75) is 166 Å². The first-order valence-corrected chi connectivity index (χ1v) is 16.8. The summed E-state index contributed by atoms with van der Waals surface area (Å²) in [6.45, 7) is 33.7. The highest BCUT2D eigenvalue weighted by Gasteiger charge is 2.36. The van der Waals surface area contributed by atoms with E-state index in [2.05, 4.69) is 94.2 Å². The minimum absolute atomic E-state index is 0. The minimum Gasteiger partial charge on any atom is -0.100 e. The molecule has 0 nitrogen and oxygen atoms in total. The van der Waals surface area contributed by atoms with E-state index in [0.29, 0.717) is 10.8 Å². The standard InChI is InChI=1S/C25H46.C14H24.CH4/c1-20(2)12-8-9-13-21(3)14-10-15-22(4)17-18-24-23(5)16-11-19-25(24,6)7;1-11(2)8-9-13-12(3)7-6-10-14(13,4)5;/h21,23-24H,1,4,8-19H2,2-3,5-7H3;6-7,12-13H,1,8-10H2,2-5H3;1H4/t21-,23-,24-;12-,13+;/m10./s1. The van der Waals surface area contributed by atoms with Crippen LogP contribution >= 0.6 is 0 Å². The van der Waals surface area contributed by atoms with Gasteiger partial charge in [-0.2, -0.15) is 0 Å². The molecule has 1 fully saturated rings. The maximum Gasteiger partial charge on any atom is -0.0228 e. The van der Waals surface area contributed by atoms with Crippen molar-refractivity contribution in [2.24, 2.45) is 40.4 Å². The summed E-state index contributed by atoms with van der Waals surface area (Å²) in [6, 6.07) is 0. The fraction of sp³-hybridized carbons (Fsp3) is 0.800. The molecule has 0 aromatic heterocycles. The van der Waals surface area contributed by atoms with E-state index in [1.54, 1.807) is 0 Å². The van der Waals surface area contributed by atoms with Gasteiger partial charge in [0.05, 0.1) is 0 Å². The Morgan fingerprint density at radius 1 is 0.800 bits per heavy atom. The van der Waals surface area contributed by atoms with Crippen LogP contribution in [-0.4, -0.2) is 0 Å². The zero-order chi connectivity index (χ0) is 29.6. The Morgan fingerprint density at radius 2 is 1.40 bits per heavy atom. The van der Waals surface area contributed by atoms with Crippen LogP contribution in [0.5, 0.6) is 0 Å². The first-order valence-electron chi connectivity index (χ1n) is 16.8. The molecule has 0 amide bonds. The summed E-state index contributed by atoms with van der Waals surface area (Å²) in [6.07, 6.45) is 24.6. The molecule has 0 spiro atoms. The molecule has 2 rings (SSSR count). The van der Waals surface area contributed by atoms with E-state index in [1.165, 1.54) is 113 Å². The Morgan fingerprint density at radius 3 is 1.98 bits per heavy atom. The fourth-order valence-electron chi connectivity index (χ4n) is 7.60. The molecule has 234 valence electrons. The van der Waals surface area contributed by atoms with Gasteiger partial charge in [0, 0.05) is 0 Å². The Bertz CT molecular complexity index is 759. The average Bonchev–Trinajstić information content (AvgIpc) is 2.80. The maximum absolute atomic E-state index is 4.39. The van der Waals surface area contributed by atoms with Crippen molar-refractivity contribution in [1.82, 2.24) is 0 Å². The molecule has 2 aliphatic rings. The van der Waals surface area contributed by atoms with Crippen LogP contribution in [-0.2, 0) is 0 Å². The summed E-state index contributed by atoms with van der Waals surface area (Å²) in [5, 5.41) is 0. The van der Waals surface area contributed by atoms with Gasteiger partial charge in [-0.3, -0.25) is 0 Å². The Balaban J connectivity index is 0.000000860. The lowest BCUT2D eigenvalue weighted by molar-refractivity contribution is 0.0765. The number of unbranched alkanes of at least 4 members (excludes halogenated alkanes) is 1. The summed E-state index contributed by atoms with van der Waals surface area (Å²) < 4.78 is 0. The zero-order valence-corrected chi connectivity index (χ0v) is 28.3. The smallest absolute Gasteiger partial charge is 0.0228 e. The van der Waals surface area contributed by atoms with Gasteiger partial charge in [0.15, 0.2) is 0 Å². The first kappa shape index (κ1) is 39.0. The van der Waals surface area contributed by atoms with Crippen molar-refractivity contribution in [2.75, 3.05) is 0 Å². The molecular weight excluding hydrogens is 480 g/mol. The molecule has 0 radical (unpaired) electrons. The van der Waals surface area contributed by atoms with Gasteiger partial charge in [-0.1, -0.05) is 123 Å². The number of hydrogen-bond acceptors (Lipinski definition) is 0. The molecule has 0 heterocycles. The lowest BCUT2D eigenvalue weighted by Gasteiger charge is -2.43. The third-order valence-electron chi connectivity index (χ3n) is 10.4. The third kappa shape index (κ3) is 15.3. The highest BCUT2D eigenvalue weighted by molar-refractivity contribution is 5.04. The molecule has 0 heteroatoms. The zero-order valence-electron chi connectivity index (χ0n) is 28.3. The van der Waals surface area contributed by atoms with Crippen molar-refractivity contribution in [3.63, 3.8) is 0 Å². The van der Waals surface area contributed by atoms with E-state index in [-0.39, 0.29) is 7.43 Å². The molecule has 0 N–H and O–H groups in total. The van der Waals surface area contributed by atoms with Gasteiger partial charge < -0.3 is 0 Å². The molecule has 0 saturated heterocycles. The molecule has 2 aliphatic carbocycles. The lowest BCUT2D eigenvalue weighted by atomic mass is 9.62.